The lowest BCUT2D eigenvalue weighted by molar-refractivity contribution is -0.135. The molecule has 18 heavy (non-hydrogen) atoms. The number of hydrogen-bond donors (Lipinski definition) is 1. The molecule has 1 heterocycles. The molecule has 1 aliphatic rings. The van der Waals surface area contributed by atoms with Crippen molar-refractivity contribution in [2.75, 3.05) is 13.1 Å². The molecular formula is C14H29ClN2O. The van der Waals surface area contributed by atoms with Crippen molar-refractivity contribution in [1.82, 2.24) is 4.90 Å². The van der Waals surface area contributed by atoms with Crippen LogP contribution >= 0.6 is 12.4 Å². The Morgan fingerprint density at radius 3 is 2.17 bits per heavy atom. The zero-order valence-corrected chi connectivity index (χ0v) is 13.0. The fraction of sp³-hybridized carbons (Fsp3) is 0.929. The summed E-state index contributed by atoms with van der Waals surface area (Å²) in [4.78, 5) is 14.1. The van der Waals surface area contributed by atoms with Gasteiger partial charge in [-0.1, -0.05) is 34.1 Å². The minimum absolute atomic E-state index is 0. The second-order valence-corrected chi connectivity index (χ2v) is 5.82. The number of piperidine rings is 1. The summed E-state index contributed by atoms with van der Waals surface area (Å²) in [7, 11) is 0. The monoisotopic (exact) mass is 276 g/mol. The van der Waals surface area contributed by atoms with Crippen LogP contribution in [0.15, 0.2) is 0 Å². The number of amides is 1. The van der Waals surface area contributed by atoms with Crippen LogP contribution in [0.1, 0.15) is 47.0 Å². The topological polar surface area (TPSA) is 46.3 Å². The van der Waals surface area contributed by atoms with Crippen molar-refractivity contribution < 1.29 is 4.79 Å². The van der Waals surface area contributed by atoms with Gasteiger partial charge in [0.05, 0.1) is 6.04 Å². The number of halogens is 1. The van der Waals surface area contributed by atoms with Crippen LogP contribution in [0.5, 0.6) is 0 Å². The largest absolute Gasteiger partial charge is 0.341 e. The van der Waals surface area contributed by atoms with Crippen molar-refractivity contribution in [1.29, 1.82) is 0 Å². The van der Waals surface area contributed by atoms with E-state index in [-0.39, 0.29) is 30.3 Å². The summed E-state index contributed by atoms with van der Waals surface area (Å²) in [5.41, 5.74) is 6.01. The van der Waals surface area contributed by atoms with Crippen LogP contribution in [-0.2, 0) is 4.79 Å². The molecule has 2 N–H and O–H groups in total. The summed E-state index contributed by atoms with van der Waals surface area (Å²) < 4.78 is 0. The normalized spacial score (nSPS) is 20.4. The Labute approximate surface area is 118 Å². The number of hydrogen-bond acceptors (Lipinski definition) is 2. The van der Waals surface area contributed by atoms with Crippen molar-refractivity contribution in [2.24, 2.45) is 23.5 Å². The lowest BCUT2D eigenvalue weighted by Gasteiger charge is -2.36. The van der Waals surface area contributed by atoms with E-state index < -0.39 is 0 Å². The lowest BCUT2D eigenvalue weighted by atomic mass is 9.86. The quantitative estimate of drug-likeness (QED) is 0.858. The summed E-state index contributed by atoms with van der Waals surface area (Å²) in [5.74, 6) is 1.95. The first-order chi connectivity index (χ1) is 7.97. The Morgan fingerprint density at radius 1 is 1.28 bits per heavy atom. The van der Waals surface area contributed by atoms with Gasteiger partial charge < -0.3 is 10.6 Å². The van der Waals surface area contributed by atoms with E-state index in [0.29, 0.717) is 0 Å². The minimum atomic E-state index is -0.310. The van der Waals surface area contributed by atoms with E-state index in [2.05, 4.69) is 27.7 Å². The zero-order valence-electron chi connectivity index (χ0n) is 12.2. The standard InChI is InChI=1S/C14H28N2O.ClH/c1-5-11(4)13(15)14(17)16-8-6-12(7-9-16)10(2)3;/h10-13H,5-9,15H2,1-4H3;1H. The third-order valence-electron chi connectivity index (χ3n) is 4.34. The van der Waals surface area contributed by atoms with Crippen LogP contribution in [0.2, 0.25) is 0 Å². The SMILES string of the molecule is CCC(C)C(N)C(=O)N1CCC(C(C)C)CC1.Cl. The number of carbonyl (C=O) groups is 1. The first kappa shape index (κ1) is 17.7. The summed E-state index contributed by atoms with van der Waals surface area (Å²) in [6, 6.07) is -0.310. The van der Waals surface area contributed by atoms with Gasteiger partial charge >= 0.3 is 0 Å². The molecule has 0 aromatic heterocycles. The number of nitrogens with two attached hydrogens (primary N) is 1. The summed E-state index contributed by atoms with van der Waals surface area (Å²) >= 11 is 0. The fourth-order valence-corrected chi connectivity index (χ4v) is 2.49. The zero-order chi connectivity index (χ0) is 13.0. The van der Waals surface area contributed by atoms with E-state index in [1.165, 1.54) is 0 Å². The molecular weight excluding hydrogens is 248 g/mol. The van der Waals surface area contributed by atoms with Crippen LogP contribution < -0.4 is 5.73 Å². The van der Waals surface area contributed by atoms with E-state index in [9.17, 15) is 4.79 Å². The van der Waals surface area contributed by atoms with Gasteiger partial charge in [-0.05, 0) is 30.6 Å². The van der Waals surface area contributed by atoms with Crippen molar-refractivity contribution in [2.45, 2.75) is 53.0 Å². The van der Waals surface area contributed by atoms with Crippen molar-refractivity contribution in [3.63, 3.8) is 0 Å². The maximum atomic E-state index is 12.2. The van der Waals surface area contributed by atoms with Gasteiger partial charge in [-0.3, -0.25) is 4.79 Å². The summed E-state index contributed by atoms with van der Waals surface area (Å²) in [5, 5.41) is 0. The molecule has 1 saturated heterocycles. The van der Waals surface area contributed by atoms with E-state index in [1.807, 2.05) is 4.90 Å². The Morgan fingerprint density at radius 2 is 1.78 bits per heavy atom. The molecule has 0 radical (unpaired) electrons. The van der Waals surface area contributed by atoms with Crippen molar-refractivity contribution in [3.8, 4) is 0 Å². The van der Waals surface area contributed by atoms with Crippen molar-refractivity contribution in [3.05, 3.63) is 0 Å². The van der Waals surface area contributed by atoms with Crippen LogP contribution in [0.25, 0.3) is 0 Å². The maximum absolute atomic E-state index is 12.2. The minimum Gasteiger partial charge on any atom is -0.341 e. The molecule has 1 aliphatic heterocycles. The molecule has 0 spiro atoms. The van der Waals surface area contributed by atoms with E-state index in [4.69, 9.17) is 5.73 Å². The highest BCUT2D eigenvalue weighted by Crippen LogP contribution is 2.25. The highest BCUT2D eigenvalue weighted by molar-refractivity contribution is 5.85. The van der Waals surface area contributed by atoms with Crippen LogP contribution in [0.3, 0.4) is 0 Å². The van der Waals surface area contributed by atoms with Gasteiger partial charge in [0.1, 0.15) is 0 Å². The van der Waals surface area contributed by atoms with Crippen LogP contribution in [0.4, 0.5) is 0 Å². The van der Waals surface area contributed by atoms with Gasteiger partial charge in [0.2, 0.25) is 5.91 Å². The van der Waals surface area contributed by atoms with E-state index in [1.54, 1.807) is 0 Å². The van der Waals surface area contributed by atoms with E-state index >= 15 is 0 Å². The van der Waals surface area contributed by atoms with E-state index in [0.717, 1.165) is 44.2 Å². The molecule has 0 bridgehead atoms. The molecule has 0 aromatic carbocycles. The summed E-state index contributed by atoms with van der Waals surface area (Å²) in [6.07, 6.45) is 3.24. The predicted molar refractivity (Wildman–Crippen MR) is 78.8 cm³/mol. The van der Waals surface area contributed by atoms with Gasteiger partial charge in [-0.15, -0.1) is 12.4 Å². The maximum Gasteiger partial charge on any atom is 0.239 e. The second-order valence-electron chi connectivity index (χ2n) is 5.82. The molecule has 2 unspecified atom stereocenters. The number of rotatable bonds is 4. The number of carbonyl (C=O) groups excluding carboxylic acids is 1. The third-order valence-corrected chi connectivity index (χ3v) is 4.34. The summed E-state index contributed by atoms with van der Waals surface area (Å²) in [6.45, 7) is 10.5. The molecule has 1 amide bonds. The Hall–Kier alpha value is -0.280. The Bertz CT molecular complexity index is 250. The van der Waals surface area contributed by atoms with Gasteiger partial charge in [-0.2, -0.15) is 0 Å². The number of likely N-dealkylation sites (tertiary alicyclic amines) is 1. The first-order valence-electron chi connectivity index (χ1n) is 7.01. The van der Waals surface area contributed by atoms with Gasteiger partial charge in [0.15, 0.2) is 0 Å². The Kier molecular flexibility index (Phi) is 7.88. The molecule has 0 aromatic rings. The molecule has 1 fully saturated rings. The first-order valence-corrected chi connectivity index (χ1v) is 7.01. The molecule has 0 saturated carbocycles. The van der Waals surface area contributed by atoms with Gasteiger partial charge in [-0.25, -0.2) is 0 Å². The average Bonchev–Trinajstić information content (AvgIpc) is 2.36. The molecule has 108 valence electrons. The average molecular weight is 277 g/mol. The molecule has 2 atom stereocenters. The van der Waals surface area contributed by atoms with Crippen molar-refractivity contribution >= 4 is 18.3 Å². The third kappa shape index (κ3) is 4.43. The van der Waals surface area contributed by atoms with Crippen LogP contribution in [-0.4, -0.2) is 29.9 Å². The molecule has 3 nitrogen and oxygen atoms in total. The molecule has 1 rings (SSSR count). The smallest absolute Gasteiger partial charge is 0.239 e. The number of nitrogens with zero attached hydrogens (tertiary/aromatic N) is 1. The highest BCUT2D eigenvalue weighted by atomic mass is 35.5. The van der Waals surface area contributed by atoms with Crippen LogP contribution in [0, 0.1) is 17.8 Å². The molecule has 4 heteroatoms. The highest BCUT2D eigenvalue weighted by Gasteiger charge is 2.29. The van der Waals surface area contributed by atoms with Gasteiger partial charge in [0.25, 0.3) is 0 Å². The van der Waals surface area contributed by atoms with Gasteiger partial charge in [0, 0.05) is 13.1 Å². The molecule has 0 aliphatic carbocycles. The second kappa shape index (κ2) is 8.00. The predicted octanol–water partition coefficient (Wildman–Crippen LogP) is 2.68. The fourth-order valence-electron chi connectivity index (χ4n) is 2.49. The lowest BCUT2D eigenvalue weighted by Crippen LogP contribution is -2.50. The Balaban J connectivity index is 0.00000289.